The van der Waals surface area contributed by atoms with Crippen molar-refractivity contribution < 1.29 is 24.2 Å². The standard InChI is InChI=1S/C33H38N2O5/c1-39-30-13-7-8-14-31(30)40-33(38)35(26-19-20-26)21-23-15-17-24(18-16-23)27-11-5-6-12-28(27)32(37)34-29(22-36)25-9-3-2-4-10-25/h2-4,7-10,13-18,26-29,36H,5-6,11-12,19-22H2,1H3,(H,34,37). The summed E-state index contributed by atoms with van der Waals surface area (Å²) < 4.78 is 11.0. The summed E-state index contributed by atoms with van der Waals surface area (Å²) in [7, 11) is 1.56. The van der Waals surface area contributed by atoms with Crippen LogP contribution in [0.5, 0.6) is 11.5 Å². The first-order valence-corrected chi connectivity index (χ1v) is 14.2. The molecule has 0 radical (unpaired) electrons. The number of hydrogen-bond donors (Lipinski definition) is 2. The van der Waals surface area contributed by atoms with Crippen LogP contribution < -0.4 is 14.8 Å². The van der Waals surface area contributed by atoms with Gasteiger partial charge in [-0.05, 0) is 60.4 Å². The lowest BCUT2D eigenvalue weighted by atomic mass is 9.74. The molecule has 0 spiro atoms. The number of para-hydroxylation sites is 2. The van der Waals surface area contributed by atoms with E-state index in [-0.39, 0.29) is 36.5 Å². The molecule has 3 aromatic rings. The SMILES string of the molecule is COc1ccccc1OC(=O)N(Cc1ccc(C2CCCCC2C(=O)NC(CO)c2ccccc2)cc1)C1CC1. The first kappa shape index (κ1) is 27.7. The normalized spacial score (nSPS) is 19.4. The van der Waals surface area contributed by atoms with Crippen LogP contribution in [0, 0.1) is 5.92 Å². The fourth-order valence-electron chi connectivity index (χ4n) is 5.69. The number of benzene rings is 3. The van der Waals surface area contributed by atoms with E-state index in [0.717, 1.165) is 55.2 Å². The Labute approximate surface area is 236 Å². The number of carbonyl (C=O) groups excluding carboxylic acids is 2. The van der Waals surface area contributed by atoms with Crippen molar-refractivity contribution in [2.75, 3.05) is 13.7 Å². The largest absolute Gasteiger partial charge is 0.493 e. The Bertz CT molecular complexity index is 1280. The third-order valence-electron chi connectivity index (χ3n) is 8.05. The maximum Gasteiger partial charge on any atom is 0.415 e. The molecule has 2 N–H and O–H groups in total. The van der Waals surface area contributed by atoms with Gasteiger partial charge in [0.05, 0.1) is 19.8 Å². The minimum Gasteiger partial charge on any atom is -0.493 e. The zero-order chi connectivity index (χ0) is 27.9. The van der Waals surface area contributed by atoms with Crippen LogP contribution in [0.1, 0.15) is 67.2 Å². The van der Waals surface area contributed by atoms with E-state index < -0.39 is 6.04 Å². The van der Waals surface area contributed by atoms with Crippen LogP contribution in [0.3, 0.4) is 0 Å². The van der Waals surface area contributed by atoms with Gasteiger partial charge in [0.2, 0.25) is 5.91 Å². The van der Waals surface area contributed by atoms with E-state index in [1.54, 1.807) is 24.1 Å². The molecule has 2 saturated carbocycles. The van der Waals surface area contributed by atoms with E-state index >= 15 is 0 Å². The van der Waals surface area contributed by atoms with Crippen molar-refractivity contribution in [3.8, 4) is 11.5 Å². The molecule has 0 heterocycles. The second kappa shape index (κ2) is 13.0. The summed E-state index contributed by atoms with van der Waals surface area (Å²) in [5, 5.41) is 13.0. The molecule has 40 heavy (non-hydrogen) atoms. The van der Waals surface area contributed by atoms with Gasteiger partial charge in [0, 0.05) is 18.5 Å². The number of carbonyl (C=O) groups is 2. The van der Waals surface area contributed by atoms with E-state index in [0.29, 0.717) is 18.0 Å². The van der Waals surface area contributed by atoms with Gasteiger partial charge in [-0.2, -0.15) is 0 Å². The maximum atomic E-state index is 13.4. The van der Waals surface area contributed by atoms with Crippen LogP contribution >= 0.6 is 0 Å². The highest BCUT2D eigenvalue weighted by Crippen LogP contribution is 2.39. The van der Waals surface area contributed by atoms with Gasteiger partial charge in [0.25, 0.3) is 0 Å². The van der Waals surface area contributed by atoms with Gasteiger partial charge < -0.3 is 24.8 Å². The topological polar surface area (TPSA) is 88.1 Å². The lowest BCUT2D eigenvalue weighted by Gasteiger charge is -2.32. The van der Waals surface area contributed by atoms with Crippen molar-refractivity contribution in [3.05, 3.63) is 95.6 Å². The highest BCUT2D eigenvalue weighted by molar-refractivity contribution is 5.80. The molecule has 7 nitrogen and oxygen atoms in total. The summed E-state index contributed by atoms with van der Waals surface area (Å²) in [6, 6.07) is 24.8. The van der Waals surface area contributed by atoms with Crippen LogP contribution in [0.2, 0.25) is 0 Å². The number of nitrogens with one attached hydrogen (secondary N) is 1. The number of hydrogen-bond acceptors (Lipinski definition) is 5. The summed E-state index contributed by atoms with van der Waals surface area (Å²) in [4.78, 5) is 28.3. The molecule has 3 atom stereocenters. The highest BCUT2D eigenvalue weighted by atomic mass is 16.6. The van der Waals surface area contributed by atoms with Crippen molar-refractivity contribution in [2.24, 2.45) is 5.92 Å². The van der Waals surface area contributed by atoms with Gasteiger partial charge in [0.1, 0.15) is 0 Å². The van der Waals surface area contributed by atoms with E-state index in [1.807, 2.05) is 42.5 Å². The number of ether oxygens (including phenoxy) is 2. The van der Waals surface area contributed by atoms with Crippen molar-refractivity contribution >= 4 is 12.0 Å². The molecule has 7 heteroatoms. The van der Waals surface area contributed by atoms with Crippen LogP contribution in [-0.4, -0.2) is 41.8 Å². The Kier molecular flexibility index (Phi) is 9.01. The minimum absolute atomic E-state index is 0.00401. The predicted molar refractivity (Wildman–Crippen MR) is 153 cm³/mol. The monoisotopic (exact) mass is 542 g/mol. The number of nitrogens with zero attached hydrogens (tertiary/aromatic N) is 1. The molecule has 3 unspecified atom stereocenters. The van der Waals surface area contributed by atoms with Crippen molar-refractivity contribution in [1.29, 1.82) is 0 Å². The quantitative estimate of drug-likeness (QED) is 0.329. The number of aliphatic hydroxyl groups is 1. The first-order valence-electron chi connectivity index (χ1n) is 14.2. The number of rotatable bonds is 10. The summed E-state index contributed by atoms with van der Waals surface area (Å²) in [6.07, 6.45) is 5.44. The molecule has 0 aromatic heterocycles. The molecular formula is C33H38N2O5. The van der Waals surface area contributed by atoms with E-state index in [2.05, 4.69) is 29.6 Å². The minimum atomic E-state index is -0.414. The Morgan fingerprint density at radius 2 is 1.57 bits per heavy atom. The van der Waals surface area contributed by atoms with Gasteiger partial charge in [0.15, 0.2) is 11.5 Å². The van der Waals surface area contributed by atoms with Crippen molar-refractivity contribution in [2.45, 2.75) is 63.1 Å². The predicted octanol–water partition coefficient (Wildman–Crippen LogP) is 5.98. The zero-order valence-electron chi connectivity index (χ0n) is 23.0. The Morgan fingerprint density at radius 3 is 2.25 bits per heavy atom. The van der Waals surface area contributed by atoms with Crippen LogP contribution in [0.4, 0.5) is 4.79 Å². The molecule has 2 fully saturated rings. The Morgan fingerprint density at radius 1 is 0.900 bits per heavy atom. The van der Waals surface area contributed by atoms with Gasteiger partial charge in [-0.3, -0.25) is 4.79 Å². The molecule has 3 aromatic carbocycles. The van der Waals surface area contributed by atoms with Gasteiger partial charge in [-0.25, -0.2) is 4.79 Å². The summed E-state index contributed by atoms with van der Waals surface area (Å²) >= 11 is 0. The average Bonchev–Trinajstić information content (AvgIpc) is 3.85. The Balaban J connectivity index is 1.25. The first-order chi connectivity index (χ1) is 19.6. The number of aliphatic hydroxyl groups excluding tert-OH is 1. The van der Waals surface area contributed by atoms with Crippen molar-refractivity contribution in [3.63, 3.8) is 0 Å². The fraction of sp³-hybridized carbons (Fsp3) is 0.394. The van der Waals surface area contributed by atoms with Gasteiger partial charge in [-0.15, -0.1) is 0 Å². The molecule has 0 saturated heterocycles. The van der Waals surface area contributed by atoms with Crippen LogP contribution in [0.15, 0.2) is 78.9 Å². The molecular weight excluding hydrogens is 504 g/mol. The molecule has 0 aliphatic heterocycles. The zero-order valence-corrected chi connectivity index (χ0v) is 23.0. The molecule has 210 valence electrons. The molecule has 5 rings (SSSR count). The van der Waals surface area contributed by atoms with Crippen LogP contribution in [-0.2, 0) is 11.3 Å². The summed E-state index contributed by atoms with van der Waals surface area (Å²) in [5.74, 6) is 0.907. The fourth-order valence-corrected chi connectivity index (χ4v) is 5.69. The van der Waals surface area contributed by atoms with E-state index in [1.165, 1.54) is 0 Å². The number of methoxy groups -OCH3 is 1. The molecule has 0 bridgehead atoms. The Hall–Kier alpha value is -3.84. The van der Waals surface area contributed by atoms with Crippen molar-refractivity contribution in [1.82, 2.24) is 10.2 Å². The van der Waals surface area contributed by atoms with Crippen LogP contribution in [0.25, 0.3) is 0 Å². The van der Waals surface area contributed by atoms with Gasteiger partial charge >= 0.3 is 6.09 Å². The lowest BCUT2D eigenvalue weighted by Crippen LogP contribution is -2.39. The second-order valence-corrected chi connectivity index (χ2v) is 10.8. The summed E-state index contributed by atoms with van der Waals surface area (Å²) in [6.45, 7) is 0.321. The smallest absolute Gasteiger partial charge is 0.415 e. The third-order valence-corrected chi connectivity index (χ3v) is 8.05. The van der Waals surface area contributed by atoms with Gasteiger partial charge in [-0.1, -0.05) is 79.6 Å². The summed E-state index contributed by atoms with van der Waals surface area (Å²) in [5.41, 5.74) is 3.06. The third kappa shape index (κ3) is 6.65. The van der Waals surface area contributed by atoms with E-state index in [4.69, 9.17) is 9.47 Å². The molecule has 2 aliphatic carbocycles. The molecule has 2 aliphatic rings. The average molecular weight is 543 g/mol. The maximum absolute atomic E-state index is 13.4. The number of amides is 2. The lowest BCUT2D eigenvalue weighted by molar-refractivity contribution is -0.127. The highest BCUT2D eigenvalue weighted by Gasteiger charge is 2.35. The van der Waals surface area contributed by atoms with E-state index in [9.17, 15) is 14.7 Å². The second-order valence-electron chi connectivity index (χ2n) is 10.8. The molecule has 2 amide bonds.